The largest absolute Gasteiger partial charge is 0.507 e. The molecule has 1 unspecified atom stereocenters. The van der Waals surface area contributed by atoms with E-state index in [-0.39, 0.29) is 11.3 Å². The highest BCUT2D eigenvalue weighted by Gasteiger charge is 2.46. The molecule has 6 nitrogen and oxygen atoms in total. The minimum atomic E-state index is -0.637. The number of carbonyl (C=O) groups excluding carboxylic acids is 2. The van der Waals surface area contributed by atoms with E-state index in [9.17, 15) is 14.7 Å². The third-order valence-electron chi connectivity index (χ3n) is 4.96. The number of ether oxygens (including phenoxy) is 1. The molecule has 1 aromatic heterocycles. The number of benzene rings is 1. The molecule has 0 saturated carbocycles. The van der Waals surface area contributed by atoms with Crippen molar-refractivity contribution < 1.29 is 19.4 Å². The van der Waals surface area contributed by atoms with Crippen LogP contribution in [0.4, 0.5) is 0 Å². The molecule has 1 amide bonds. The van der Waals surface area contributed by atoms with Crippen LogP contribution in [0, 0.1) is 0 Å². The molecule has 1 aliphatic rings. The van der Waals surface area contributed by atoms with Crippen LogP contribution in [0.15, 0.2) is 47.4 Å². The fourth-order valence-electron chi connectivity index (χ4n) is 3.50. The van der Waals surface area contributed by atoms with Crippen molar-refractivity contribution in [2.75, 3.05) is 33.8 Å². The molecule has 0 aliphatic carbocycles. The van der Waals surface area contributed by atoms with Gasteiger partial charge >= 0.3 is 0 Å². The Kier molecular flexibility index (Phi) is 7.29. The van der Waals surface area contributed by atoms with Crippen LogP contribution in [0.5, 0.6) is 5.75 Å². The first-order valence-corrected chi connectivity index (χ1v) is 11.0. The summed E-state index contributed by atoms with van der Waals surface area (Å²) in [6.45, 7) is 3.90. The molecule has 2 heterocycles. The molecule has 1 saturated heterocycles. The molecule has 0 radical (unpaired) electrons. The molecule has 3 rings (SSSR count). The Morgan fingerprint density at radius 3 is 2.53 bits per heavy atom. The topological polar surface area (TPSA) is 70.1 Å². The lowest BCUT2D eigenvalue weighted by Gasteiger charge is -2.24. The van der Waals surface area contributed by atoms with Crippen LogP contribution in [0.3, 0.4) is 0 Å². The molecule has 0 spiro atoms. The van der Waals surface area contributed by atoms with Gasteiger partial charge in [0.05, 0.1) is 18.2 Å². The smallest absolute Gasteiger partial charge is 0.295 e. The number of hydrogen-bond acceptors (Lipinski definition) is 6. The summed E-state index contributed by atoms with van der Waals surface area (Å²) in [7, 11) is 3.94. The second-order valence-electron chi connectivity index (χ2n) is 7.54. The Hall–Kier alpha value is -2.64. The molecule has 1 aliphatic heterocycles. The molecule has 1 atom stereocenters. The highest BCUT2D eigenvalue weighted by atomic mass is 32.1. The Balaban J connectivity index is 1.95. The monoisotopic (exact) mass is 428 g/mol. The van der Waals surface area contributed by atoms with Crippen LogP contribution in [0.1, 0.15) is 36.2 Å². The zero-order chi connectivity index (χ0) is 21.7. The number of aliphatic hydroxyl groups excluding tert-OH is 1. The maximum Gasteiger partial charge on any atom is 0.295 e. The quantitative estimate of drug-likeness (QED) is 0.373. The lowest BCUT2D eigenvalue weighted by atomic mass is 10.00. The Bertz CT molecular complexity index is 904. The summed E-state index contributed by atoms with van der Waals surface area (Å²) in [4.78, 5) is 30.2. The number of amides is 1. The average molecular weight is 429 g/mol. The molecule has 2 aromatic rings. The lowest BCUT2D eigenvalue weighted by molar-refractivity contribution is -0.139. The van der Waals surface area contributed by atoms with Crippen molar-refractivity contribution in [3.05, 3.63) is 57.8 Å². The average Bonchev–Trinajstić information content (AvgIpc) is 3.34. The first-order chi connectivity index (χ1) is 14.4. The summed E-state index contributed by atoms with van der Waals surface area (Å²) >= 11 is 1.47. The molecule has 7 heteroatoms. The molecule has 160 valence electrons. The van der Waals surface area contributed by atoms with E-state index in [1.807, 2.05) is 43.4 Å². The minimum Gasteiger partial charge on any atom is -0.507 e. The number of nitrogens with zero attached hydrogens (tertiary/aromatic N) is 2. The summed E-state index contributed by atoms with van der Waals surface area (Å²) in [5.41, 5.74) is 0.640. The van der Waals surface area contributed by atoms with Gasteiger partial charge in [-0.15, -0.1) is 11.3 Å². The highest BCUT2D eigenvalue weighted by molar-refractivity contribution is 7.10. The van der Waals surface area contributed by atoms with Crippen LogP contribution >= 0.6 is 11.3 Å². The van der Waals surface area contributed by atoms with E-state index in [1.165, 1.54) is 11.3 Å². The van der Waals surface area contributed by atoms with E-state index in [2.05, 4.69) is 0 Å². The Labute approximate surface area is 181 Å². The van der Waals surface area contributed by atoms with Gasteiger partial charge in [0, 0.05) is 17.0 Å². The highest BCUT2D eigenvalue weighted by Crippen LogP contribution is 2.41. The maximum absolute atomic E-state index is 12.9. The minimum absolute atomic E-state index is 0.148. The number of rotatable bonds is 9. The number of likely N-dealkylation sites (tertiary alicyclic amines) is 1. The molecule has 1 N–H and O–H groups in total. The SMILES string of the molecule is CCCOc1ccc(/C(O)=C2/C(=O)C(=O)N(CCCN(C)C)C2c2cccs2)cc1. The first-order valence-electron chi connectivity index (χ1n) is 10.1. The summed E-state index contributed by atoms with van der Waals surface area (Å²) < 4.78 is 5.58. The first kappa shape index (κ1) is 22.1. The number of ketones is 1. The Morgan fingerprint density at radius 1 is 1.20 bits per heavy atom. The van der Waals surface area contributed by atoms with Gasteiger partial charge in [0.1, 0.15) is 11.5 Å². The second-order valence-corrected chi connectivity index (χ2v) is 8.52. The van der Waals surface area contributed by atoms with Crippen molar-refractivity contribution >= 4 is 28.8 Å². The van der Waals surface area contributed by atoms with E-state index in [0.717, 1.165) is 24.3 Å². The van der Waals surface area contributed by atoms with Crippen LogP contribution in [0.25, 0.3) is 5.76 Å². The van der Waals surface area contributed by atoms with Gasteiger partial charge in [-0.05, 0) is 69.2 Å². The van der Waals surface area contributed by atoms with Crippen LogP contribution in [-0.4, -0.2) is 60.4 Å². The zero-order valence-corrected chi connectivity index (χ0v) is 18.4. The van der Waals surface area contributed by atoms with Crippen molar-refractivity contribution in [3.63, 3.8) is 0 Å². The summed E-state index contributed by atoms with van der Waals surface area (Å²) in [5.74, 6) is -0.644. The third-order valence-corrected chi connectivity index (χ3v) is 5.88. The van der Waals surface area contributed by atoms with Gasteiger partial charge in [0.25, 0.3) is 11.7 Å². The molecule has 0 bridgehead atoms. The summed E-state index contributed by atoms with van der Waals surface area (Å²) in [5, 5.41) is 12.9. The van der Waals surface area contributed by atoms with Crippen molar-refractivity contribution in [3.8, 4) is 5.75 Å². The molecule has 1 fully saturated rings. The van der Waals surface area contributed by atoms with Gasteiger partial charge in [-0.25, -0.2) is 0 Å². The van der Waals surface area contributed by atoms with E-state index in [0.29, 0.717) is 24.5 Å². The fourth-order valence-corrected chi connectivity index (χ4v) is 4.34. The number of Topliss-reactive ketones (excluding diaryl/α,β-unsaturated/α-hetero) is 1. The van der Waals surface area contributed by atoms with Gasteiger partial charge in [-0.3, -0.25) is 9.59 Å². The van der Waals surface area contributed by atoms with E-state index < -0.39 is 17.7 Å². The fraction of sp³-hybridized carbons (Fsp3) is 0.391. The molecule has 30 heavy (non-hydrogen) atoms. The Morgan fingerprint density at radius 2 is 1.93 bits per heavy atom. The molecular formula is C23H28N2O4S. The van der Waals surface area contributed by atoms with Crippen molar-refractivity contribution in [2.24, 2.45) is 0 Å². The summed E-state index contributed by atoms with van der Waals surface area (Å²) in [6.07, 6.45) is 1.64. The second kappa shape index (κ2) is 9.91. The van der Waals surface area contributed by atoms with Crippen LogP contribution in [0.2, 0.25) is 0 Å². The lowest BCUT2D eigenvalue weighted by Crippen LogP contribution is -2.32. The van der Waals surface area contributed by atoms with E-state index >= 15 is 0 Å². The standard InChI is InChI=1S/C23H28N2O4S/c1-4-14-29-17-10-8-16(9-11-17)21(26)19-20(18-7-5-15-30-18)25(23(28)22(19)27)13-6-12-24(2)3/h5,7-11,15,20,26H,4,6,12-14H2,1-3H3/b21-19-. The number of thiophene rings is 1. The van der Waals surface area contributed by atoms with Crippen LogP contribution < -0.4 is 4.74 Å². The molecule has 1 aromatic carbocycles. The predicted molar refractivity (Wildman–Crippen MR) is 119 cm³/mol. The van der Waals surface area contributed by atoms with Gasteiger partial charge < -0.3 is 19.6 Å². The molecular weight excluding hydrogens is 400 g/mol. The predicted octanol–water partition coefficient (Wildman–Crippen LogP) is 3.91. The van der Waals surface area contributed by atoms with Gasteiger partial charge in [0.2, 0.25) is 0 Å². The van der Waals surface area contributed by atoms with Gasteiger partial charge in [-0.2, -0.15) is 0 Å². The van der Waals surface area contributed by atoms with E-state index in [1.54, 1.807) is 29.2 Å². The van der Waals surface area contributed by atoms with Gasteiger partial charge in [0.15, 0.2) is 0 Å². The summed E-state index contributed by atoms with van der Waals surface area (Å²) in [6, 6.07) is 10.2. The van der Waals surface area contributed by atoms with Crippen molar-refractivity contribution in [1.82, 2.24) is 9.80 Å². The number of hydrogen-bond donors (Lipinski definition) is 1. The number of carbonyl (C=O) groups is 2. The number of aliphatic hydroxyl groups is 1. The van der Waals surface area contributed by atoms with Gasteiger partial charge in [-0.1, -0.05) is 13.0 Å². The van der Waals surface area contributed by atoms with E-state index in [4.69, 9.17) is 4.74 Å². The third kappa shape index (κ3) is 4.74. The maximum atomic E-state index is 12.9. The normalized spacial score (nSPS) is 18.4. The van der Waals surface area contributed by atoms with Crippen LogP contribution in [-0.2, 0) is 9.59 Å². The zero-order valence-electron chi connectivity index (χ0n) is 17.6. The van der Waals surface area contributed by atoms with Crippen molar-refractivity contribution in [1.29, 1.82) is 0 Å². The van der Waals surface area contributed by atoms with Crippen molar-refractivity contribution in [2.45, 2.75) is 25.8 Å².